The van der Waals surface area contributed by atoms with Gasteiger partial charge in [0.2, 0.25) is 5.91 Å². The molecule has 0 saturated heterocycles. The van der Waals surface area contributed by atoms with Crippen LogP contribution in [0, 0.1) is 0 Å². The second-order valence-corrected chi connectivity index (χ2v) is 7.24. The van der Waals surface area contributed by atoms with E-state index in [0.717, 1.165) is 41.8 Å². The number of aryl methyl sites for hydroxylation is 2. The smallest absolute Gasteiger partial charge is 0.313 e. The van der Waals surface area contributed by atoms with Crippen LogP contribution in [0.25, 0.3) is 0 Å². The predicted octanol–water partition coefficient (Wildman–Crippen LogP) is 2.21. The predicted molar refractivity (Wildman–Crippen MR) is 107 cm³/mol. The first kappa shape index (κ1) is 18.2. The highest BCUT2D eigenvalue weighted by molar-refractivity contribution is 6.39. The van der Waals surface area contributed by atoms with Gasteiger partial charge in [-0.15, -0.1) is 0 Å². The summed E-state index contributed by atoms with van der Waals surface area (Å²) in [5, 5.41) is 5.37. The Balaban J connectivity index is 1.39. The Morgan fingerprint density at radius 2 is 1.71 bits per heavy atom. The van der Waals surface area contributed by atoms with E-state index in [1.807, 2.05) is 47.4 Å². The van der Waals surface area contributed by atoms with Gasteiger partial charge in [0.1, 0.15) is 0 Å². The Bertz CT molecular complexity index is 907. The van der Waals surface area contributed by atoms with Crippen molar-refractivity contribution in [1.82, 2.24) is 5.32 Å². The van der Waals surface area contributed by atoms with Crippen LogP contribution in [0.5, 0.6) is 0 Å². The topological polar surface area (TPSA) is 78.5 Å². The van der Waals surface area contributed by atoms with Crippen LogP contribution in [0.4, 0.5) is 11.4 Å². The number of hydrogen-bond donors (Lipinski definition) is 2. The van der Waals surface area contributed by atoms with Crippen molar-refractivity contribution in [3.8, 4) is 0 Å². The molecule has 0 radical (unpaired) electrons. The molecule has 0 saturated carbocycles. The fraction of sp³-hybridized carbons (Fsp3) is 0.318. The molecule has 2 N–H and O–H groups in total. The zero-order chi connectivity index (χ0) is 19.5. The fourth-order valence-corrected chi connectivity index (χ4v) is 3.96. The first-order valence-corrected chi connectivity index (χ1v) is 9.71. The first-order chi connectivity index (χ1) is 13.6. The minimum absolute atomic E-state index is 0.169. The third-order valence-electron chi connectivity index (χ3n) is 5.28. The van der Waals surface area contributed by atoms with Gasteiger partial charge in [0, 0.05) is 25.2 Å². The van der Waals surface area contributed by atoms with Crippen LogP contribution in [-0.4, -0.2) is 30.8 Å². The Labute approximate surface area is 163 Å². The Hall–Kier alpha value is -3.15. The van der Waals surface area contributed by atoms with Crippen LogP contribution in [0.2, 0.25) is 0 Å². The van der Waals surface area contributed by atoms with Crippen molar-refractivity contribution in [3.63, 3.8) is 0 Å². The van der Waals surface area contributed by atoms with E-state index in [-0.39, 0.29) is 5.91 Å². The van der Waals surface area contributed by atoms with Crippen LogP contribution in [0.1, 0.15) is 29.5 Å². The maximum absolute atomic E-state index is 12.3. The van der Waals surface area contributed by atoms with E-state index in [0.29, 0.717) is 31.5 Å². The number of carbonyl (C=O) groups excluding carboxylic acids is 3. The molecule has 28 heavy (non-hydrogen) atoms. The Kier molecular flexibility index (Phi) is 5.10. The molecule has 0 spiro atoms. The number of anilines is 2. The van der Waals surface area contributed by atoms with Gasteiger partial charge >= 0.3 is 11.8 Å². The third kappa shape index (κ3) is 3.76. The molecular weight excluding hydrogens is 354 g/mol. The summed E-state index contributed by atoms with van der Waals surface area (Å²) in [6, 6.07) is 13.6. The summed E-state index contributed by atoms with van der Waals surface area (Å²) in [5.74, 6) is -1.14. The summed E-state index contributed by atoms with van der Waals surface area (Å²) in [5.41, 5.74) is 4.87. The molecule has 0 aromatic heterocycles. The lowest BCUT2D eigenvalue weighted by Crippen LogP contribution is -2.39. The summed E-state index contributed by atoms with van der Waals surface area (Å²) in [6.45, 7) is 1.16. The lowest BCUT2D eigenvalue weighted by Gasteiger charge is -2.35. The molecule has 0 aliphatic carbocycles. The number of rotatable bonds is 4. The van der Waals surface area contributed by atoms with Gasteiger partial charge in [-0.3, -0.25) is 14.4 Å². The molecule has 144 valence electrons. The molecule has 2 heterocycles. The van der Waals surface area contributed by atoms with Crippen LogP contribution in [0.15, 0.2) is 42.5 Å². The SMILES string of the molecule is O=C(NCCc1ccccc1)C(=O)Nc1cc2c3c(c1)CCC(=O)N3CCC2. The summed E-state index contributed by atoms with van der Waals surface area (Å²) >= 11 is 0. The van der Waals surface area contributed by atoms with E-state index >= 15 is 0 Å². The highest BCUT2D eigenvalue weighted by Crippen LogP contribution is 2.37. The standard InChI is InChI=1S/C22H23N3O3/c26-19-9-8-17-14-18(13-16-7-4-12-25(19)20(16)17)24-22(28)21(27)23-11-10-15-5-2-1-3-6-15/h1-3,5-6,13-14H,4,7-12H2,(H,23,27)(H,24,28). The third-order valence-corrected chi connectivity index (χ3v) is 5.28. The molecule has 2 aromatic rings. The number of carbonyl (C=O) groups is 3. The van der Waals surface area contributed by atoms with Crippen LogP contribution >= 0.6 is 0 Å². The van der Waals surface area contributed by atoms with Crippen molar-refractivity contribution in [2.75, 3.05) is 23.3 Å². The van der Waals surface area contributed by atoms with E-state index < -0.39 is 11.8 Å². The number of hydrogen-bond acceptors (Lipinski definition) is 3. The van der Waals surface area contributed by atoms with Gasteiger partial charge in [0.05, 0.1) is 5.69 Å². The molecule has 0 atom stereocenters. The molecule has 6 heteroatoms. The summed E-state index contributed by atoms with van der Waals surface area (Å²) in [6.07, 6.45) is 3.62. The molecule has 6 nitrogen and oxygen atoms in total. The van der Waals surface area contributed by atoms with Crippen LogP contribution in [-0.2, 0) is 33.6 Å². The molecule has 0 bridgehead atoms. The number of nitrogens with one attached hydrogen (secondary N) is 2. The van der Waals surface area contributed by atoms with E-state index in [9.17, 15) is 14.4 Å². The largest absolute Gasteiger partial charge is 0.347 e. The Morgan fingerprint density at radius 1 is 0.964 bits per heavy atom. The number of amides is 3. The van der Waals surface area contributed by atoms with E-state index in [1.165, 1.54) is 0 Å². The maximum atomic E-state index is 12.3. The van der Waals surface area contributed by atoms with Crippen LogP contribution in [0.3, 0.4) is 0 Å². The second-order valence-electron chi connectivity index (χ2n) is 7.24. The van der Waals surface area contributed by atoms with Crippen molar-refractivity contribution in [2.45, 2.75) is 32.1 Å². The molecule has 2 aromatic carbocycles. The molecule has 0 fully saturated rings. The molecule has 2 aliphatic rings. The summed E-state index contributed by atoms with van der Waals surface area (Å²) in [4.78, 5) is 38.4. The van der Waals surface area contributed by atoms with Crippen molar-refractivity contribution < 1.29 is 14.4 Å². The molecule has 4 rings (SSSR count). The lowest BCUT2D eigenvalue weighted by atomic mass is 9.91. The van der Waals surface area contributed by atoms with Gasteiger partial charge in [0.25, 0.3) is 0 Å². The minimum atomic E-state index is -0.667. The van der Waals surface area contributed by atoms with Gasteiger partial charge in [0.15, 0.2) is 0 Å². The van der Waals surface area contributed by atoms with Gasteiger partial charge < -0.3 is 15.5 Å². The van der Waals surface area contributed by atoms with E-state index in [2.05, 4.69) is 10.6 Å². The van der Waals surface area contributed by atoms with Crippen molar-refractivity contribution in [2.24, 2.45) is 0 Å². The van der Waals surface area contributed by atoms with Crippen molar-refractivity contribution in [1.29, 1.82) is 0 Å². The average molecular weight is 377 g/mol. The maximum Gasteiger partial charge on any atom is 0.313 e. The van der Waals surface area contributed by atoms with Gasteiger partial charge in [-0.25, -0.2) is 0 Å². The first-order valence-electron chi connectivity index (χ1n) is 9.71. The van der Waals surface area contributed by atoms with E-state index in [4.69, 9.17) is 0 Å². The lowest BCUT2D eigenvalue weighted by molar-refractivity contribution is -0.136. The number of nitrogens with zero attached hydrogens (tertiary/aromatic N) is 1. The van der Waals surface area contributed by atoms with Gasteiger partial charge in [-0.1, -0.05) is 30.3 Å². The summed E-state index contributed by atoms with van der Waals surface area (Å²) < 4.78 is 0. The van der Waals surface area contributed by atoms with Gasteiger partial charge in [-0.05, 0) is 54.5 Å². The number of benzene rings is 2. The van der Waals surface area contributed by atoms with Crippen molar-refractivity contribution >= 4 is 29.1 Å². The fourth-order valence-electron chi connectivity index (χ4n) is 3.96. The minimum Gasteiger partial charge on any atom is -0.347 e. The monoisotopic (exact) mass is 377 g/mol. The Morgan fingerprint density at radius 3 is 2.50 bits per heavy atom. The molecule has 2 aliphatic heterocycles. The quantitative estimate of drug-likeness (QED) is 0.802. The second kappa shape index (κ2) is 7.84. The zero-order valence-electron chi connectivity index (χ0n) is 15.7. The molecule has 0 unspecified atom stereocenters. The van der Waals surface area contributed by atoms with E-state index in [1.54, 1.807) is 0 Å². The van der Waals surface area contributed by atoms with Gasteiger partial charge in [-0.2, -0.15) is 0 Å². The molecular formula is C22H23N3O3. The average Bonchev–Trinajstić information content (AvgIpc) is 2.71. The molecule has 3 amide bonds. The summed E-state index contributed by atoms with van der Waals surface area (Å²) in [7, 11) is 0. The highest BCUT2D eigenvalue weighted by atomic mass is 16.2. The normalized spacial score (nSPS) is 15.0. The van der Waals surface area contributed by atoms with Crippen molar-refractivity contribution in [3.05, 3.63) is 59.2 Å². The zero-order valence-corrected chi connectivity index (χ0v) is 15.7. The highest BCUT2D eigenvalue weighted by Gasteiger charge is 2.29. The van der Waals surface area contributed by atoms with Crippen LogP contribution < -0.4 is 15.5 Å².